The number of nitrogens with one attached hydrogen (secondary N) is 1. The van der Waals surface area contributed by atoms with Gasteiger partial charge in [-0.25, -0.2) is 0 Å². The Balaban J connectivity index is 2.34. The SMILES string of the molecule is CNC(Cc1cccc(Cl)c1Cl)c1cccc(Br)c1Cl. The fourth-order valence-electron chi connectivity index (χ4n) is 2.08. The molecular formula is C15H13BrCl3N. The fraction of sp³-hybridized carbons (Fsp3) is 0.200. The van der Waals surface area contributed by atoms with E-state index in [1.54, 1.807) is 6.07 Å². The highest BCUT2D eigenvalue weighted by molar-refractivity contribution is 9.10. The van der Waals surface area contributed by atoms with Crippen LogP contribution in [0.15, 0.2) is 40.9 Å². The maximum Gasteiger partial charge on any atom is 0.0624 e. The number of halogens is 4. The van der Waals surface area contributed by atoms with Gasteiger partial charge in [-0.2, -0.15) is 0 Å². The Morgan fingerprint density at radius 2 is 1.75 bits per heavy atom. The third-order valence-electron chi connectivity index (χ3n) is 3.16. The zero-order valence-corrected chi connectivity index (χ0v) is 14.6. The summed E-state index contributed by atoms with van der Waals surface area (Å²) in [7, 11) is 1.90. The molecule has 0 aliphatic rings. The minimum absolute atomic E-state index is 0.0657. The van der Waals surface area contributed by atoms with E-state index < -0.39 is 0 Å². The van der Waals surface area contributed by atoms with Gasteiger partial charge in [-0.3, -0.25) is 0 Å². The normalized spacial score (nSPS) is 12.4. The first-order valence-corrected chi connectivity index (χ1v) is 8.01. The lowest BCUT2D eigenvalue weighted by Gasteiger charge is -2.19. The molecule has 20 heavy (non-hydrogen) atoms. The zero-order valence-electron chi connectivity index (χ0n) is 10.8. The maximum absolute atomic E-state index is 6.36. The van der Waals surface area contributed by atoms with E-state index >= 15 is 0 Å². The molecule has 5 heteroatoms. The Morgan fingerprint density at radius 1 is 1.05 bits per heavy atom. The van der Waals surface area contributed by atoms with Crippen molar-refractivity contribution in [1.29, 1.82) is 0 Å². The molecule has 0 heterocycles. The molecule has 0 aliphatic heterocycles. The highest BCUT2D eigenvalue weighted by Gasteiger charge is 2.17. The summed E-state index contributed by atoms with van der Waals surface area (Å²) in [6.07, 6.45) is 0.714. The summed E-state index contributed by atoms with van der Waals surface area (Å²) in [5.41, 5.74) is 2.02. The van der Waals surface area contributed by atoms with E-state index in [2.05, 4.69) is 21.2 Å². The lowest BCUT2D eigenvalue weighted by atomic mass is 9.99. The third kappa shape index (κ3) is 3.49. The van der Waals surface area contributed by atoms with Crippen LogP contribution >= 0.6 is 50.7 Å². The maximum atomic E-state index is 6.36. The van der Waals surface area contributed by atoms with Gasteiger partial charge < -0.3 is 5.32 Å². The summed E-state index contributed by atoms with van der Waals surface area (Å²) >= 11 is 22.1. The standard InChI is InChI=1S/C15H13BrCl3N/c1-20-13(10-5-3-6-11(16)15(10)19)8-9-4-2-7-12(17)14(9)18/h2-7,13,20H,8H2,1H3. The van der Waals surface area contributed by atoms with Crippen molar-refractivity contribution in [3.63, 3.8) is 0 Å². The molecule has 2 aromatic carbocycles. The molecule has 0 aliphatic carbocycles. The van der Waals surface area contributed by atoms with E-state index in [1.165, 1.54) is 0 Å². The van der Waals surface area contributed by atoms with Gasteiger partial charge in [-0.1, -0.05) is 59.1 Å². The van der Waals surface area contributed by atoms with Crippen molar-refractivity contribution in [3.05, 3.63) is 67.1 Å². The highest BCUT2D eigenvalue weighted by atomic mass is 79.9. The number of hydrogen-bond donors (Lipinski definition) is 1. The molecule has 2 aromatic rings. The number of likely N-dealkylation sites (N-methyl/N-ethyl adjacent to an activating group) is 1. The van der Waals surface area contributed by atoms with Crippen LogP contribution in [0.2, 0.25) is 15.1 Å². The molecule has 1 unspecified atom stereocenters. The Morgan fingerprint density at radius 3 is 2.45 bits per heavy atom. The van der Waals surface area contributed by atoms with Crippen LogP contribution in [-0.4, -0.2) is 7.05 Å². The van der Waals surface area contributed by atoms with Gasteiger partial charge in [-0.05, 0) is 52.7 Å². The van der Waals surface area contributed by atoms with E-state index in [0.717, 1.165) is 15.6 Å². The molecule has 0 radical (unpaired) electrons. The molecule has 1 atom stereocenters. The van der Waals surface area contributed by atoms with Crippen molar-refractivity contribution in [3.8, 4) is 0 Å². The topological polar surface area (TPSA) is 12.0 Å². The lowest BCUT2D eigenvalue weighted by Crippen LogP contribution is -2.19. The molecule has 0 bridgehead atoms. The van der Waals surface area contributed by atoms with E-state index in [-0.39, 0.29) is 6.04 Å². The average Bonchev–Trinajstić information content (AvgIpc) is 2.44. The smallest absolute Gasteiger partial charge is 0.0624 e. The zero-order chi connectivity index (χ0) is 14.7. The summed E-state index contributed by atoms with van der Waals surface area (Å²) in [6.45, 7) is 0. The molecule has 0 amide bonds. The van der Waals surface area contributed by atoms with Crippen LogP contribution in [0.3, 0.4) is 0 Å². The molecule has 2 rings (SSSR count). The number of benzene rings is 2. The molecule has 0 saturated heterocycles. The van der Waals surface area contributed by atoms with Crippen molar-refractivity contribution >= 4 is 50.7 Å². The van der Waals surface area contributed by atoms with E-state index in [9.17, 15) is 0 Å². The van der Waals surface area contributed by atoms with Gasteiger partial charge in [0.2, 0.25) is 0 Å². The fourth-order valence-corrected chi connectivity index (χ4v) is 3.12. The van der Waals surface area contributed by atoms with Gasteiger partial charge in [0.1, 0.15) is 0 Å². The second-order valence-electron chi connectivity index (χ2n) is 4.40. The summed E-state index contributed by atoms with van der Waals surface area (Å²) in [4.78, 5) is 0. The first-order chi connectivity index (χ1) is 9.54. The minimum atomic E-state index is 0.0657. The van der Waals surface area contributed by atoms with Crippen molar-refractivity contribution < 1.29 is 0 Å². The predicted octanol–water partition coefficient (Wildman–Crippen LogP) is 5.91. The van der Waals surface area contributed by atoms with Crippen molar-refractivity contribution in [2.24, 2.45) is 0 Å². The van der Waals surface area contributed by atoms with E-state index in [0.29, 0.717) is 21.5 Å². The Labute approximate surface area is 142 Å². The predicted molar refractivity (Wildman–Crippen MR) is 91.1 cm³/mol. The van der Waals surface area contributed by atoms with Gasteiger partial charge in [0.15, 0.2) is 0 Å². The minimum Gasteiger partial charge on any atom is -0.313 e. The quantitative estimate of drug-likeness (QED) is 0.681. The van der Waals surface area contributed by atoms with Crippen LogP contribution in [0.25, 0.3) is 0 Å². The number of hydrogen-bond acceptors (Lipinski definition) is 1. The largest absolute Gasteiger partial charge is 0.313 e. The molecule has 1 N–H and O–H groups in total. The molecule has 0 fully saturated rings. The van der Waals surface area contributed by atoms with Gasteiger partial charge in [0, 0.05) is 10.5 Å². The van der Waals surface area contributed by atoms with Crippen molar-refractivity contribution in [1.82, 2.24) is 5.32 Å². The second kappa shape index (κ2) is 7.15. The van der Waals surface area contributed by atoms with Crippen LogP contribution in [0.4, 0.5) is 0 Å². The van der Waals surface area contributed by atoms with Crippen LogP contribution in [0.1, 0.15) is 17.2 Å². The van der Waals surface area contributed by atoms with Crippen molar-refractivity contribution in [2.75, 3.05) is 7.05 Å². The van der Waals surface area contributed by atoms with Crippen LogP contribution in [-0.2, 0) is 6.42 Å². The van der Waals surface area contributed by atoms with Crippen LogP contribution < -0.4 is 5.32 Å². The van der Waals surface area contributed by atoms with Gasteiger partial charge in [0.05, 0.1) is 15.1 Å². The number of rotatable bonds is 4. The monoisotopic (exact) mass is 391 g/mol. The summed E-state index contributed by atoms with van der Waals surface area (Å²) < 4.78 is 0.883. The van der Waals surface area contributed by atoms with Gasteiger partial charge in [0.25, 0.3) is 0 Å². The van der Waals surface area contributed by atoms with Crippen LogP contribution in [0.5, 0.6) is 0 Å². The first-order valence-electron chi connectivity index (χ1n) is 6.08. The van der Waals surface area contributed by atoms with E-state index in [4.69, 9.17) is 34.8 Å². The average molecular weight is 394 g/mol. The summed E-state index contributed by atoms with van der Waals surface area (Å²) in [5, 5.41) is 5.15. The second-order valence-corrected chi connectivity index (χ2v) is 6.42. The molecular weight excluding hydrogens is 380 g/mol. The van der Waals surface area contributed by atoms with E-state index in [1.807, 2.05) is 37.4 Å². The van der Waals surface area contributed by atoms with Gasteiger partial charge >= 0.3 is 0 Å². The Kier molecular flexibility index (Phi) is 5.76. The lowest BCUT2D eigenvalue weighted by molar-refractivity contribution is 0.592. The third-order valence-corrected chi connectivity index (χ3v) is 5.33. The molecule has 106 valence electrons. The highest BCUT2D eigenvalue weighted by Crippen LogP contribution is 2.34. The summed E-state index contributed by atoms with van der Waals surface area (Å²) in [5.74, 6) is 0. The van der Waals surface area contributed by atoms with Crippen molar-refractivity contribution in [2.45, 2.75) is 12.5 Å². The van der Waals surface area contributed by atoms with Gasteiger partial charge in [-0.15, -0.1) is 0 Å². The summed E-state index contributed by atoms with van der Waals surface area (Å²) in [6, 6.07) is 11.6. The Bertz CT molecular complexity index is 616. The molecule has 0 spiro atoms. The molecule has 0 saturated carbocycles. The molecule has 0 aromatic heterocycles. The van der Waals surface area contributed by atoms with Crippen LogP contribution in [0, 0.1) is 0 Å². The molecule has 1 nitrogen and oxygen atoms in total. The first kappa shape index (κ1) is 16.1. The Hall–Kier alpha value is -0.250.